The number of fused-ring (bicyclic) bond motifs is 1. The Labute approximate surface area is 164 Å². The molecule has 2 heterocycles. The molecule has 2 atom stereocenters. The molecule has 28 heavy (non-hydrogen) atoms. The first-order chi connectivity index (χ1) is 13.7. The van der Waals surface area contributed by atoms with E-state index in [1.54, 1.807) is 7.11 Å². The third-order valence-corrected chi connectivity index (χ3v) is 5.00. The number of aliphatic imine (C=N–C) groups is 1. The highest BCUT2D eigenvalue weighted by atomic mass is 16.5. The van der Waals surface area contributed by atoms with Crippen LogP contribution < -0.4 is 21.1 Å². The van der Waals surface area contributed by atoms with Gasteiger partial charge in [0, 0.05) is 30.4 Å². The minimum Gasteiger partial charge on any atom is -0.497 e. The molecule has 3 aromatic rings. The van der Waals surface area contributed by atoms with Gasteiger partial charge in [-0.15, -0.1) is 0 Å². The summed E-state index contributed by atoms with van der Waals surface area (Å²) in [6.45, 7) is 1.38. The summed E-state index contributed by atoms with van der Waals surface area (Å²) in [5.41, 5.74) is 8.70. The molecule has 1 unspecified atom stereocenters. The monoisotopic (exact) mass is 375 g/mol. The molecule has 0 aliphatic carbocycles. The third-order valence-electron chi connectivity index (χ3n) is 5.00. The lowest BCUT2D eigenvalue weighted by Crippen LogP contribution is -2.43. The van der Waals surface area contributed by atoms with E-state index in [4.69, 9.17) is 10.5 Å². The Morgan fingerprint density at radius 2 is 2.04 bits per heavy atom. The van der Waals surface area contributed by atoms with E-state index in [9.17, 15) is 0 Å². The summed E-state index contributed by atoms with van der Waals surface area (Å²) in [5.74, 6) is 1.67. The maximum Gasteiger partial charge on any atom is 0.191 e. The zero-order valence-corrected chi connectivity index (χ0v) is 15.9. The largest absolute Gasteiger partial charge is 0.497 e. The van der Waals surface area contributed by atoms with Crippen molar-refractivity contribution in [2.75, 3.05) is 20.2 Å². The Kier molecular flexibility index (Phi) is 5.39. The van der Waals surface area contributed by atoms with E-state index in [2.05, 4.69) is 50.9 Å². The van der Waals surface area contributed by atoms with Gasteiger partial charge in [0.2, 0.25) is 0 Å². The molecule has 0 saturated carbocycles. The first-order valence-corrected chi connectivity index (χ1v) is 9.48. The van der Waals surface area contributed by atoms with Gasteiger partial charge >= 0.3 is 0 Å². The number of nitrogens with zero attached hydrogens (tertiary/aromatic N) is 2. The SMILES string of the molecule is COc1ccc(C[C@H](N)CNC2=NCC(c3ccc4cnccc4c3)N2)cc1. The Bertz CT molecular complexity index is 970. The molecule has 0 radical (unpaired) electrons. The average molecular weight is 375 g/mol. The van der Waals surface area contributed by atoms with Crippen LogP contribution in [0, 0.1) is 0 Å². The molecule has 4 rings (SSSR count). The topological polar surface area (TPSA) is 84.6 Å². The van der Waals surface area contributed by atoms with Crippen molar-refractivity contribution in [2.45, 2.75) is 18.5 Å². The Morgan fingerprint density at radius 3 is 2.86 bits per heavy atom. The van der Waals surface area contributed by atoms with Crippen molar-refractivity contribution in [3.05, 3.63) is 72.1 Å². The van der Waals surface area contributed by atoms with Gasteiger partial charge in [-0.25, -0.2) is 0 Å². The van der Waals surface area contributed by atoms with Crippen LogP contribution in [0.3, 0.4) is 0 Å². The molecule has 144 valence electrons. The number of aromatic nitrogens is 1. The van der Waals surface area contributed by atoms with Crippen molar-refractivity contribution in [3.63, 3.8) is 0 Å². The third kappa shape index (κ3) is 4.23. The number of hydrogen-bond donors (Lipinski definition) is 3. The van der Waals surface area contributed by atoms with E-state index in [0.717, 1.165) is 23.5 Å². The summed E-state index contributed by atoms with van der Waals surface area (Å²) in [6.07, 6.45) is 4.50. The summed E-state index contributed by atoms with van der Waals surface area (Å²) in [7, 11) is 1.67. The summed E-state index contributed by atoms with van der Waals surface area (Å²) in [5, 5.41) is 9.14. The zero-order valence-electron chi connectivity index (χ0n) is 15.9. The number of nitrogens with two attached hydrogens (primary N) is 1. The first kappa shape index (κ1) is 18.3. The summed E-state index contributed by atoms with van der Waals surface area (Å²) in [4.78, 5) is 8.75. The second-order valence-electron chi connectivity index (χ2n) is 7.06. The predicted octanol–water partition coefficient (Wildman–Crippen LogP) is 2.40. The van der Waals surface area contributed by atoms with Crippen molar-refractivity contribution in [1.29, 1.82) is 0 Å². The van der Waals surface area contributed by atoms with Gasteiger partial charge in [-0.1, -0.05) is 24.3 Å². The van der Waals surface area contributed by atoms with Crippen LogP contribution in [0.1, 0.15) is 17.2 Å². The molecule has 6 heteroatoms. The molecular weight excluding hydrogens is 350 g/mol. The van der Waals surface area contributed by atoms with Crippen LogP contribution in [0.15, 0.2) is 65.9 Å². The fourth-order valence-corrected chi connectivity index (χ4v) is 3.42. The maximum absolute atomic E-state index is 6.28. The van der Waals surface area contributed by atoms with Crippen LogP contribution in [0.5, 0.6) is 5.75 Å². The number of benzene rings is 2. The number of pyridine rings is 1. The second-order valence-corrected chi connectivity index (χ2v) is 7.06. The average Bonchev–Trinajstić information content (AvgIpc) is 3.21. The van der Waals surface area contributed by atoms with Crippen LogP contribution in [0.25, 0.3) is 10.8 Å². The van der Waals surface area contributed by atoms with Crippen LogP contribution in [-0.2, 0) is 6.42 Å². The van der Waals surface area contributed by atoms with Crippen molar-refractivity contribution in [2.24, 2.45) is 10.7 Å². The Morgan fingerprint density at radius 1 is 1.18 bits per heavy atom. The summed E-state index contributed by atoms with van der Waals surface area (Å²) < 4.78 is 5.19. The van der Waals surface area contributed by atoms with Crippen molar-refractivity contribution in [3.8, 4) is 5.75 Å². The molecule has 2 aromatic carbocycles. The molecule has 0 bridgehead atoms. The van der Waals surface area contributed by atoms with Gasteiger partial charge in [-0.05, 0) is 47.2 Å². The number of hydrogen-bond acceptors (Lipinski definition) is 6. The molecule has 1 aromatic heterocycles. The standard InChI is InChI=1S/C22H25N5O/c1-28-20-6-2-15(3-7-20)10-19(23)13-25-22-26-14-21(27-22)17-4-5-18-12-24-9-8-16(18)11-17/h2-9,11-12,19,21H,10,13-14,23H2,1H3,(H2,25,26,27)/t19-,21?/m0/s1. The molecule has 4 N–H and O–H groups in total. The molecule has 1 aliphatic rings. The Hall–Kier alpha value is -3.12. The minimum absolute atomic E-state index is 0.00473. The number of nitrogens with one attached hydrogen (secondary N) is 2. The summed E-state index contributed by atoms with van der Waals surface area (Å²) in [6, 6.07) is 16.7. The normalized spacial score (nSPS) is 17.1. The molecule has 1 aliphatic heterocycles. The fourth-order valence-electron chi connectivity index (χ4n) is 3.42. The minimum atomic E-state index is 0.00473. The highest BCUT2D eigenvalue weighted by Gasteiger charge is 2.19. The van der Waals surface area contributed by atoms with E-state index < -0.39 is 0 Å². The lowest BCUT2D eigenvalue weighted by molar-refractivity contribution is 0.414. The number of ether oxygens (including phenoxy) is 1. The number of guanidine groups is 1. The van der Waals surface area contributed by atoms with Crippen LogP contribution in [0.4, 0.5) is 0 Å². The smallest absolute Gasteiger partial charge is 0.191 e. The van der Waals surface area contributed by atoms with Crippen molar-refractivity contribution in [1.82, 2.24) is 15.6 Å². The molecule has 0 spiro atoms. The lowest BCUT2D eigenvalue weighted by atomic mass is 10.0. The summed E-state index contributed by atoms with van der Waals surface area (Å²) >= 11 is 0. The zero-order chi connectivity index (χ0) is 19.3. The van der Waals surface area contributed by atoms with Gasteiger partial charge < -0.3 is 21.1 Å². The first-order valence-electron chi connectivity index (χ1n) is 9.48. The van der Waals surface area contributed by atoms with E-state index in [1.807, 2.05) is 30.6 Å². The Balaban J connectivity index is 1.29. The van der Waals surface area contributed by atoms with Gasteiger partial charge in [0.05, 0.1) is 19.7 Å². The maximum atomic E-state index is 6.28. The van der Waals surface area contributed by atoms with Crippen LogP contribution >= 0.6 is 0 Å². The highest BCUT2D eigenvalue weighted by molar-refractivity contribution is 5.84. The molecule has 0 fully saturated rings. The van der Waals surface area contributed by atoms with Crippen LogP contribution in [0.2, 0.25) is 0 Å². The van der Waals surface area contributed by atoms with E-state index >= 15 is 0 Å². The predicted molar refractivity (Wildman–Crippen MR) is 113 cm³/mol. The lowest BCUT2D eigenvalue weighted by Gasteiger charge is -2.16. The van der Waals surface area contributed by atoms with E-state index in [-0.39, 0.29) is 12.1 Å². The van der Waals surface area contributed by atoms with Gasteiger partial charge in [-0.3, -0.25) is 9.98 Å². The quantitative estimate of drug-likeness (QED) is 0.616. The fraction of sp³-hybridized carbons (Fsp3) is 0.273. The molecule has 0 saturated heterocycles. The van der Waals surface area contributed by atoms with Gasteiger partial charge in [0.1, 0.15) is 5.75 Å². The van der Waals surface area contributed by atoms with Crippen molar-refractivity contribution >= 4 is 16.7 Å². The second kappa shape index (κ2) is 8.27. The molecule has 6 nitrogen and oxygen atoms in total. The van der Waals surface area contributed by atoms with Gasteiger partial charge in [0.25, 0.3) is 0 Å². The molecule has 0 amide bonds. The van der Waals surface area contributed by atoms with Gasteiger partial charge in [0.15, 0.2) is 5.96 Å². The van der Waals surface area contributed by atoms with Crippen LogP contribution in [-0.4, -0.2) is 37.2 Å². The van der Waals surface area contributed by atoms with Gasteiger partial charge in [-0.2, -0.15) is 0 Å². The van der Waals surface area contributed by atoms with E-state index in [1.165, 1.54) is 16.5 Å². The van der Waals surface area contributed by atoms with E-state index in [0.29, 0.717) is 13.1 Å². The highest BCUT2D eigenvalue weighted by Crippen LogP contribution is 2.22. The number of rotatable bonds is 6. The van der Waals surface area contributed by atoms with Crippen molar-refractivity contribution < 1.29 is 4.74 Å². The molecular formula is C22H25N5O. The number of methoxy groups -OCH3 is 1.